The number of hydrogen-bond donors (Lipinski definition) is 1. The molecule has 9 heteroatoms. The molecule has 0 spiro atoms. The van der Waals surface area contributed by atoms with E-state index < -0.39 is 12.0 Å². The molecule has 0 fully saturated rings. The van der Waals surface area contributed by atoms with Gasteiger partial charge in [-0.05, 0) is 62.7 Å². The van der Waals surface area contributed by atoms with Crippen LogP contribution in [0.15, 0.2) is 59.7 Å². The van der Waals surface area contributed by atoms with E-state index in [0.29, 0.717) is 26.5 Å². The summed E-state index contributed by atoms with van der Waals surface area (Å²) in [5.74, 6) is -0.811. The topological polar surface area (TPSA) is 90.3 Å². The summed E-state index contributed by atoms with van der Waals surface area (Å²) in [6, 6.07) is 12.8. The van der Waals surface area contributed by atoms with Crippen LogP contribution in [0, 0.1) is 6.92 Å². The molecule has 34 heavy (non-hydrogen) atoms. The highest BCUT2D eigenvalue weighted by molar-refractivity contribution is 7.19. The Bertz CT molecular complexity index is 1430. The molecular weight excluding hydrogens is 474 g/mol. The quantitative estimate of drug-likeness (QED) is 0.358. The minimum absolute atomic E-state index is 0.283. The summed E-state index contributed by atoms with van der Waals surface area (Å²) in [4.78, 5) is 44.2. The van der Waals surface area contributed by atoms with E-state index in [2.05, 4.69) is 10.3 Å². The first-order valence-corrected chi connectivity index (χ1v) is 11.8. The van der Waals surface area contributed by atoms with Crippen LogP contribution in [-0.4, -0.2) is 28.0 Å². The summed E-state index contributed by atoms with van der Waals surface area (Å²) in [5, 5.41) is 3.87. The van der Waals surface area contributed by atoms with Crippen molar-refractivity contribution in [3.05, 3.63) is 80.7 Å². The third kappa shape index (κ3) is 4.60. The highest BCUT2D eigenvalue weighted by Gasteiger charge is 2.22. The SMILES string of the molecule is CCOC(=O)c1ccc(NC(=O)C(C)n2cnc3sc(C)c(-c4ccc(Cl)cc4)c3c2=O)cc1. The summed E-state index contributed by atoms with van der Waals surface area (Å²) in [6.07, 6.45) is 1.40. The third-order valence-corrected chi connectivity index (χ3v) is 6.67. The Balaban J connectivity index is 1.63. The van der Waals surface area contributed by atoms with Crippen molar-refractivity contribution < 1.29 is 14.3 Å². The number of fused-ring (bicyclic) bond motifs is 1. The van der Waals surface area contributed by atoms with Crippen LogP contribution in [0.1, 0.15) is 35.1 Å². The highest BCUT2D eigenvalue weighted by atomic mass is 35.5. The Hall–Kier alpha value is -3.49. The smallest absolute Gasteiger partial charge is 0.338 e. The van der Waals surface area contributed by atoms with Crippen LogP contribution in [0.5, 0.6) is 0 Å². The van der Waals surface area contributed by atoms with Gasteiger partial charge in [-0.3, -0.25) is 14.2 Å². The molecule has 1 amide bonds. The number of aryl methyl sites for hydroxylation is 1. The lowest BCUT2D eigenvalue weighted by Gasteiger charge is -2.15. The van der Waals surface area contributed by atoms with Crippen LogP contribution in [-0.2, 0) is 9.53 Å². The predicted octanol–water partition coefficient (Wildman–Crippen LogP) is 5.46. The number of esters is 1. The fourth-order valence-corrected chi connectivity index (χ4v) is 4.76. The standard InChI is InChI=1S/C25H22ClN3O4S/c1-4-33-25(32)17-7-11-19(12-8-17)28-22(30)14(2)29-13-27-23-21(24(29)31)20(15(3)34-23)16-5-9-18(26)10-6-16/h5-14H,4H2,1-3H3,(H,28,30). The molecule has 4 rings (SSSR count). The van der Waals surface area contributed by atoms with Gasteiger partial charge in [-0.15, -0.1) is 11.3 Å². The summed E-state index contributed by atoms with van der Waals surface area (Å²) in [7, 11) is 0. The number of rotatable bonds is 6. The maximum Gasteiger partial charge on any atom is 0.338 e. The van der Waals surface area contributed by atoms with Crippen molar-refractivity contribution in [3.8, 4) is 11.1 Å². The zero-order chi connectivity index (χ0) is 24.4. The van der Waals surface area contributed by atoms with E-state index in [1.54, 1.807) is 50.2 Å². The van der Waals surface area contributed by atoms with Gasteiger partial charge in [0, 0.05) is 21.2 Å². The van der Waals surface area contributed by atoms with E-state index in [4.69, 9.17) is 16.3 Å². The minimum atomic E-state index is -0.813. The first kappa shape index (κ1) is 23.7. The van der Waals surface area contributed by atoms with E-state index in [1.807, 2.05) is 19.1 Å². The van der Waals surface area contributed by atoms with Gasteiger partial charge in [0.05, 0.1) is 23.9 Å². The number of carbonyl (C=O) groups is 2. The average Bonchev–Trinajstić information content (AvgIpc) is 3.16. The molecule has 1 N–H and O–H groups in total. The van der Waals surface area contributed by atoms with Crippen LogP contribution >= 0.6 is 22.9 Å². The summed E-state index contributed by atoms with van der Waals surface area (Å²) in [6.45, 7) is 5.60. The van der Waals surface area contributed by atoms with Crippen molar-refractivity contribution in [1.29, 1.82) is 0 Å². The number of nitrogens with one attached hydrogen (secondary N) is 1. The molecular formula is C25H22ClN3O4S. The molecule has 0 aliphatic carbocycles. The molecule has 0 aliphatic heterocycles. The molecule has 174 valence electrons. The summed E-state index contributed by atoms with van der Waals surface area (Å²) < 4.78 is 6.29. The van der Waals surface area contributed by atoms with Gasteiger partial charge in [-0.25, -0.2) is 9.78 Å². The number of amides is 1. The molecule has 2 aromatic carbocycles. The molecule has 4 aromatic rings. The summed E-state index contributed by atoms with van der Waals surface area (Å²) in [5.41, 5.74) is 2.26. The normalized spacial score (nSPS) is 11.9. The molecule has 0 saturated heterocycles. The number of benzene rings is 2. The maximum absolute atomic E-state index is 13.5. The van der Waals surface area contributed by atoms with Gasteiger partial charge in [0.25, 0.3) is 5.56 Å². The molecule has 1 unspecified atom stereocenters. The van der Waals surface area contributed by atoms with E-state index in [-0.39, 0.29) is 18.1 Å². The Morgan fingerprint density at radius 1 is 1.15 bits per heavy atom. The second-order valence-electron chi connectivity index (χ2n) is 7.64. The van der Waals surface area contributed by atoms with Crippen molar-refractivity contribution in [2.24, 2.45) is 0 Å². The van der Waals surface area contributed by atoms with E-state index in [9.17, 15) is 14.4 Å². The first-order chi connectivity index (χ1) is 16.3. The van der Waals surface area contributed by atoms with Gasteiger partial charge in [-0.2, -0.15) is 0 Å². The number of aromatic nitrogens is 2. The van der Waals surface area contributed by atoms with Gasteiger partial charge < -0.3 is 10.1 Å². The lowest BCUT2D eigenvalue weighted by atomic mass is 10.0. The monoisotopic (exact) mass is 495 g/mol. The zero-order valence-corrected chi connectivity index (χ0v) is 20.4. The number of ether oxygens (including phenoxy) is 1. The van der Waals surface area contributed by atoms with Crippen LogP contribution < -0.4 is 10.9 Å². The number of anilines is 1. The molecule has 1 atom stereocenters. The molecule has 2 heterocycles. The summed E-state index contributed by atoms with van der Waals surface area (Å²) >= 11 is 7.46. The third-order valence-electron chi connectivity index (χ3n) is 5.41. The lowest BCUT2D eigenvalue weighted by Crippen LogP contribution is -2.31. The zero-order valence-electron chi connectivity index (χ0n) is 18.8. The lowest BCUT2D eigenvalue weighted by molar-refractivity contribution is -0.118. The molecule has 7 nitrogen and oxygen atoms in total. The second-order valence-corrected chi connectivity index (χ2v) is 9.28. The van der Waals surface area contributed by atoms with Crippen molar-refractivity contribution in [2.75, 3.05) is 11.9 Å². The molecule has 0 saturated carbocycles. The predicted molar refractivity (Wildman–Crippen MR) is 135 cm³/mol. The van der Waals surface area contributed by atoms with Gasteiger partial charge in [0.15, 0.2) is 0 Å². The Labute approximate surface area is 205 Å². The number of halogens is 1. The van der Waals surface area contributed by atoms with Crippen molar-refractivity contribution in [1.82, 2.24) is 9.55 Å². The second kappa shape index (κ2) is 9.79. The van der Waals surface area contributed by atoms with Gasteiger partial charge >= 0.3 is 5.97 Å². The largest absolute Gasteiger partial charge is 0.462 e. The number of nitrogens with zero attached hydrogens (tertiary/aromatic N) is 2. The maximum atomic E-state index is 13.5. The first-order valence-electron chi connectivity index (χ1n) is 10.6. The van der Waals surface area contributed by atoms with Crippen LogP contribution in [0.25, 0.3) is 21.3 Å². The fourth-order valence-electron chi connectivity index (χ4n) is 3.63. The Morgan fingerprint density at radius 3 is 2.47 bits per heavy atom. The van der Waals surface area contributed by atoms with E-state index >= 15 is 0 Å². The van der Waals surface area contributed by atoms with Gasteiger partial charge in [0.2, 0.25) is 5.91 Å². The average molecular weight is 496 g/mol. The van der Waals surface area contributed by atoms with Crippen LogP contribution in [0.2, 0.25) is 5.02 Å². The number of thiophene rings is 1. The number of carbonyl (C=O) groups excluding carboxylic acids is 2. The highest BCUT2D eigenvalue weighted by Crippen LogP contribution is 2.36. The minimum Gasteiger partial charge on any atom is -0.462 e. The van der Waals surface area contributed by atoms with Crippen molar-refractivity contribution in [2.45, 2.75) is 26.8 Å². The Morgan fingerprint density at radius 2 is 1.82 bits per heavy atom. The van der Waals surface area contributed by atoms with Crippen LogP contribution in [0.4, 0.5) is 5.69 Å². The number of hydrogen-bond acceptors (Lipinski definition) is 6. The molecule has 0 aliphatic rings. The van der Waals surface area contributed by atoms with Gasteiger partial charge in [-0.1, -0.05) is 23.7 Å². The Kier molecular flexibility index (Phi) is 6.81. The molecule has 0 radical (unpaired) electrons. The van der Waals surface area contributed by atoms with Crippen molar-refractivity contribution >= 4 is 50.7 Å². The van der Waals surface area contributed by atoms with Gasteiger partial charge in [0.1, 0.15) is 10.9 Å². The van der Waals surface area contributed by atoms with Crippen LogP contribution in [0.3, 0.4) is 0 Å². The van der Waals surface area contributed by atoms with Crippen molar-refractivity contribution in [3.63, 3.8) is 0 Å². The van der Waals surface area contributed by atoms with E-state index in [1.165, 1.54) is 22.2 Å². The fraction of sp³-hybridized carbons (Fsp3) is 0.200. The van der Waals surface area contributed by atoms with E-state index in [0.717, 1.165) is 16.0 Å². The molecule has 2 aromatic heterocycles. The molecule has 0 bridgehead atoms.